The van der Waals surface area contributed by atoms with Crippen LogP contribution in [0.15, 0.2) is 30.3 Å². The van der Waals surface area contributed by atoms with Crippen molar-refractivity contribution in [2.45, 2.75) is 56.7 Å². The maximum Gasteiger partial charge on any atom is 0.296 e. The van der Waals surface area contributed by atoms with Crippen LogP contribution in [0.3, 0.4) is 0 Å². The van der Waals surface area contributed by atoms with Crippen LogP contribution >= 0.6 is 0 Å². The van der Waals surface area contributed by atoms with Crippen molar-refractivity contribution in [1.29, 1.82) is 0 Å². The molecule has 2 saturated heterocycles. The van der Waals surface area contributed by atoms with Gasteiger partial charge in [0.05, 0.1) is 30.3 Å². The number of hydrogen-bond donors (Lipinski definition) is 1. The lowest BCUT2D eigenvalue weighted by Crippen LogP contribution is -2.43. The van der Waals surface area contributed by atoms with Gasteiger partial charge in [-0.2, -0.15) is 9.97 Å². The van der Waals surface area contributed by atoms with Gasteiger partial charge in [-0.15, -0.1) is 0 Å². The molecular formula is C26H31F2N7O3. The van der Waals surface area contributed by atoms with Gasteiger partial charge in [0.15, 0.2) is 5.82 Å². The summed E-state index contributed by atoms with van der Waals surface area (Å²) in [6.07, 6.45) is 0.959. The molecule has 2 aliphatic heterocycles. The Morgan fingerprint density at radius 2 is 1.76 bits per heavy atom. The lowest BCUT2D eigenvalue weighted by Gasteiger charge is -2.34. The Hall–Kier alpha value is -3.38. The van der Waals surface area contributed by atoms with E-state index in [2.05, 4.69) is 15.0 Å². The van der Waals surface area contributed by atoms with Crippen molar-refractivity contribution in [3.05, 3.63) is 36.2 Å². The maximum atomic E-state index is 14.1. The number of benzene rings is 1. The normalized spacial score (nSPS) is 24.5. The quantitative estimate of drug-likeness (QED) is 0.521. The maximum absolute atomic E-state index is 14.1. The molecule has 202 valence electrons. The third kappa shape index (κ3) is 4.78. The van der Waals surface area contributed by atoms with Gasteiger partial charge in [0, 0.05) is 31.7 Å². The van der Waals surface area contributed by atoms with Crippen molar-refractivity contribution in [1.82, 2.24) is 24.4 Å². The van der Waals surface area contributed by atoms with Gasteiger partial charge in [0.25, 0.3) is 6.43 Å². The highest BCUT2D eigenvalue weighted by Crippen LogP contribution is 2.32. The van der Waals surface area contributed by atoms with Crippen LogP contribution in [-0.4, -0.2) is 81.4 Å². The first-order valence-electron chi connectivity index (χ1n) is 13.2. The van der Waals surface area contributed by atoms with Crippen LogP contribution in [0, 0.1) is 0 Å². The van der Waals surface area contributed by atoms with Crippen LogP contribution in [0.25, 0.3) is 16.9 Å². The van der Waals surface area contributed by atoms with Crippen molar-refractivity contribution >= 4 is 22.9 Å². The molecule has 0 unspecified atom stereocenters. The number of aromatic nitrogens is 4. The van der Waals surface area contributed by atoms with Gasteiger partial charge in [0.2, 0.25) is 17.7 Å². The van der Waals surface area contributed by atoms with E-state index in [1.165, 1.54) is 4.57 Å². The first kappa shape index (κ1) is 24.9. The summed E-state index contributed by atoms with van der Waals surface area (Å²) in [5.41, 5.74) is 6.90. The summed E-state index contributed by atoms with van der Waals surface area (Å²) in [4.78, 5) is 29.8. The van der Waals surface area contributed by atoms with E-state index >= 15 is 0 Å². The Kier molecular flexibility index (Phi) is 6.83. The number of carbonyl (C=O) groups excluding carboxylic acids is 1. The average molecular weight is 528 g/mol. The fourth-order valence-corrected chi connectivity index (χ4v) is 5.65. The van der Waals surface area contributed by atoms with Crippen molar-refractivity contribution in [2.24, 2.45) is 5.73 Å². The molecule has 0 spiro atoms. The highest BCUT2D eigenvalue weighted by atomic mass is 19.3. The van der Waals surface area contributed by atoms with Crippen LogP contribution in [0.2, 0.25) is 0 Å². The summed E-state index contributed by atoms with van der Waals surface area (Å²) in [7, 11) is 0. The van der Waals surface area contributed by atoms with Crippen molar-refractivity contribution in [2.75, 3.05) is 37.7 Å². The molecule has 1 saturated carbocycles. The number of likely N-dealkylation sites (tertiary alicyclic amines) is 1. The van der Waals surface area contributed by atoms with Gasteiger partial charge >= 0.3 is 0 Å². The Labute approximate surface area is 218 Å². The zero-order chi connectivity index (χ0) is 26.2. The minimum Gasteiger partial charge on any atom is -0.474 e. The van der Waals surface area contributed by atoms with Crippen LogP contribution < -0.4 is 15.4 Å². The second-order valence-corrected chi connectivity index (χ2v) is 10.0. The molecule has 4 heterocycles. The number of morpholine rings is 1. The van der Waals surface area contributed by atoms with E-state index in [1.54, 1.807) is 30.3 Å². The number of hydrogen-bond acceptors (Lipinski definition) is 8. The lowest BCUT2D eigenvalue weighted by atomic mass is 9.92. The highest BCUT2D eigenvalue weighted by Gasteiger charge is 2.36. The number of nitrogens with two attached hydrogens (primary N) is 1. The fourth-order valence-electron chi connectivity index (χ4n) is 5.65. The summed E-state index contributed by atoms with van der Waals surface area (Å²) in [6.45, 7) is 2.95. The first-order valence-corrected chi connectivity index (χ1v) is 13.2. The first-order chi connectivity index (χ1) is 18.5. The number of halogens is 2. The number of alkyl halides is 2. The summed E-state index contributed by atoms with van der Waals surface area (Å²) in [5.74, 6) is 0.678. The minimum atomic E-state index is -2.79. The summed E-state index contributed by atoms with van der Waals surface area (Å²) >= 11 is 0. The molecule has 10 nitrogen and oxygen atoms in total. The van der Waals surface area contributed by atoms with E-state index in [0.29, 0.717) is 62.1 Å². The zero-order valence-corrected chi connectivity index (χ0v) is 21.0. The van der Waals surface area contributed by atoms with Crippen LogP contribution in [0.5, 0.6) is 5.88 Å². The molecule has 0 bridgehead atoms. The van der Waals surface area contributed by atoms with Gasteiger partial charge in [-0.1, -0.05) is 12.1 Å². The fraction of sp³-hybridized carbons (Fsp3) is 0.538. The number of amides is 1. The smallest absolute Gasteiger partial charge is 0.296 e. The zero-order valence-electron chi connectivity index (χ0n) is 21.0. The number of rotatable bonds is 6. The van der Waals surface area contributed by atoms with Crippen LogP contribution in [0.1, 0.15) is 44.4 Å². The van der Waals surface area contributed by atoms with E-state index in [1.807, 2.05) is 9.80 Å². The molecule has 2 aromatic heterocycles. The second kappa shape index (κ2) is 10.4. The Balaban J connectivity index is 1.29. The molecule has 3 aromatic rings. The summed E-state index contributed by atoms with van der Waals surface area (Å²) in [5, 5.41) is 0. The van der Waals surface area contributed by atoms with E-state index in [0.717, 1.165) is 25.7 Å². The largest absolute Gasteiger partial charge is 0.474 e. The SMILES string of the molecule is N[C@H]1CCN(C2CCC(Oc3cc(-n4c(C(F)F)nc5ccccc54)nc(N4CCOCC4)n3)CC2)C1=O. The Bertz CT molecular complexity index is 1310. The number of carbonyl (C=O) groups is 1. The molecule has 1 aromatic carbocycles. The molecule has 38 heavy (non-hydrogen) atoms. The second-order valence-electron chi connectivity index (χ2n) is 10.0. The predicted octanol–water partition coefficient (Wildman–Crippen LogP) is 2.84. The topological polar surface area (TPSA) is 112 Å². The number of imidazole rings is 1. The van der Waals surface area contributed by atoms with E-state index < -0.39 is 6.43 Å². The molecule has 6 rings (SSSR count). The Morgan fingerprint density at radius 1 is 1.00 bits per heavy atom. The predicted molar refractivity (Wildman–Crippen MR) is 136 cm³/mol. The van der Waals surface area contributed by atoms with Crippen molar-refractivity contribution < 1.29 is 23.0 Å². The van der Waals surface area contributed by atoms with E-state index in [-0.39, 0.29) is 35.7 Å². The molecule has 1 aliphatic carbocycles. The number of ether oxygens (including phenoxy) is 2. The number of anilines is 1. The minimum absolute atomic E-state index is 0.0346. The van der Waals surface area contributed by atoms with Crippen LogP contribution in [-0.2, 0) is 9.53 Å². The third-order valence-corrected chi connectivity index (χ3v) is 7.64. The summed E-state index contributed by atoms with van der Waals surface area (Å²) < 4.78 is 41.3. The molecule has 1 amide bonds. The number of nitrogens with zero attached hydrogens (tertiary/aromatic N) is 6. The molecule has 3 fully saturated rings. The standard InChI is InChI=1S/C26H31F2N7O3/c27-23(28)24-30-19-3-1-2-4-20(19)35(24)21-15-22(32-26(31-21)33-11-13-37-14-12-33)38-17-7-5-16(6-8-17)34-10-9-18(29)25(34)36/h1-4,15-18,23H,5-14,29H2/t16?,17?,18-/m0/s1. The molecule has 0 radical (unpaired) electrons. The third-order valence-electron chi connectivity index (χ3n) is 7.64. The van der Waals surface area contributed by atoms with Gasteiger partial charge < -0.3 is 25.0 Å². The lowest BCUT2D eigenvalue weighted by molar-refractivity contribution is -0.131. The number of fused-ring (bicyclic) bond motifs is 1. The molecular weight excluding hydrogens is 496 g/mol. The highest BCUT2D eigenvalue weighted by molar-refractivity contribution is 5.84. The van der Waals surface area contributed by atoms with Gasteiger partial charge in [-0.25, -0.2) is 13.8 Å². The van der Waals surface area contributed by atoms with Crippen LogP contribution in [0.4, 0.5) is 14.7 Å². The van der Waals surface area contributed by atoms with E-state index in [9.17, 15) is 13.6 Å². The number of para-hydroxylation sites is 2. The van der Waals surface area contributed by atoms with Crippen molar-refractivity contribution in [3.63, 3.8) is 0 Å². The monoisotopic (exact) mass is 527 g/mol. The van der Waals surface area contributed by atoms with E-state index in [4.69, 9.17) is 15.2 Å². The molecule has 1 atom stereocenters. The summed E-state index contributed by atoms with van der Waals surface area (Å²) in [6, 6.07) is 8.40. The Morgan fingerprint density at radius 3 is 2.47 bits per heavy atom. The van der Waals surface area contributed by atoms with Crippen molar-refractivity contribution in [3.8, 4) is 11.7 Å². The van der Waals surface area contributed by atoms with Gasteiger partial charge in [-0.3, -0.25) is 9.36 Å². The molecule has 3 aliphatic rings. The van der Waals surface area contributed by atoms with Gasteiger partial charge in [0.1, 0.15) is 11.9 Å². The molecule has 12 heteroatoms. The average Bonchev–Trinajstić information content (AvgIpc) is 3.50. The molecule has 2 N–H and O–H groups in total. The van der Waals surface area contributed by atoms with Gasteiger partial charge in [-0.05, 0) is 44.2 Å².